The van der Waals surface area contributed by atoms with Crippen molar-refractivity contribution < 1.29 is 9.47 Å². The SMILES string of the molecule is CC.CN(C)CCn1c2c(c3cncnc31)CCCO2.CN(C)CCn1c2c(c3ncncc31)CCCO2. The van der Waals surface area contributed by atoms with Crippen LogP contribution >= 0.6 is 0 Å². The summed E-state index contributed by atoms with van der Waals surface area (Å²) in [6.07, 6.45) is 11.3. The Hall–Kier alpha value is -3.24. The maximum Gasteiger partial charge on any atom is 0.199 e. The molecular weight excluding hydrogens is 480 g/mol. The number of hydrogen-bond donors (Lipinski definition) is 0. The van der Waals surface area contributed by atoms with Crippen molar-refractivity contribution in [3.05, 3.63) is 36.2 Å². The number of hydrogen-bond acceptors (Lipinski definition) is 8. The van der Waals surface area contributed by atoms with Crippen LogP contribution in [0.1, 0.15) is 37.8 Å². The number of ether oxygens (including phenoxy) is 2. The maximum absolute atomic E-state index is 5.85. The van der Waals surface area contributed by atoms with Gasteiger partial charge in [0.15, 0.2) is 11.8 Å². The Bertz CT molecular complexity index is 1230. The smallest absolute Gasteiger partial charge is 0.199 e. The van der Waals surface area contributed by atoms with E-state index in [9.17, 15) is 0 Å². The van der Waals surface area contributed by atoms with E-state index in [0.717, 1.165) is 98.9 Å². The van der Waals surface area contributed by atoms with Crippen LogP contribution in [-0.2, 0) is 25.9 Å². The van der Waals surface area contributed by atoms with E-state index >= 15 is 0 Å². The van der Waals surface area contributed by atoms with Crippen LogP contribution in [0.25, 0.3) is 22.1 Å². The molecule has 0 N–H and O–H groups in total. The molecule has 10 heteroatoms. The highest BCUT2D eigenvalue weighted by Gasteiger charge is 2.23. The van der Waals surface area contributed by atoms with Crippen LogP contribution in [0.15, 0.2) is 25.0 Å². The van der Waals surface area contributed by atoms with Crippen molar-refractivity contribution in [2.75, 3.05) is 54.5 Å². The summed E-state index contributed by atoms with van der Waals surface area (Å²) in [5.74, 6) is 2.00. The molecule has 0 saturated carbocycles. The third-order valence-electron chi connectivity index (χ3n) is 6.71. The second kappa shape index (κ2) is 13.0. The molecule has 2 aliphatic rings. The summed E-state index contributed by atoms with van der Waals surface area (Å²) in [6, 6.07) is 0. The molecule has 0 fully saturated rings. The number of aryl methyl sites for hydroxylation is 2. The molecule has 0 radical (unpaired) electrons. The van der Waals surface area contributed by atoms with Gasteiger partial charge in [-0.05, 0) is 53.9 Å². The van der Waals surface area contributed by atoms with Crippen molar-refractivity contribution in [1.82, 2.24) is 38.9 Å². The van der Waals surface area contributed by atoms with Crippen LogP contribution in [0.3, 0.4) is 0 Å². The summed E-state index contributed by atoms with van der Waals surface area (Å²) >= 11 is 0. The molecule has 6 rings (SSSR count). The van der Waals surface area contributed by atoms with Gasteiger partial charge in [0.05, 0.1) is 30.4 Å². The molecule has 0 aliphatic carbocycles. The van der Waals surface area contributed by atoms with Gasteiger partial charge in [-0.15, -0.1) is 0 Å². The van der Waals surface area contributed by atoms with E-state index in [1.54, 1.807) is 12.7 Å². The summed E-state index contributed by atoms with van der Waals surface area (Å²) in [5.41, 5.74) is 5.66. The lowest BCUT2D eigenvalue weighted by atomic mass is 10.1. The first kappa shape index (κ1) is 27.8. The molecule has 0 amide bonds. The molecule has 0 saturated heterocycles. The molecule has 206 valence electrons. The van der Waals surface area contributed by atoms with Gasteiger partial charge in [0.25, 0.3) is 0 Å². The fourth-order valence-electron chi connectivity index (χ4n) is 4.91. The fourth-order valence-corrected chi connectivity index (χ4v) is 4.91. The Morgan fingerprint density at radius 1 is 0.763 bits per heavy atom. The minimum absolute atomic E-state index is 0.804. The first-order chi connectivity index (χ1) is 18.5. The molecule has 38 heavy (non-hydrogen) atoms. The van der Waals surface area contributed by atoms with Gasteiger partial charge in [-0.2, -0.15) is 0 Å². The molecule has 0 unspecified atom stereocenters. The first-order valence-corrected chi connectivity index (χ1v) is 13.7. The van der Waals surface area contributed by atoms with Crippen LogP contribution < -0.4 is 9.47 Å². The van der Waals surface area contributed by atoms with Crippen molar-refractivity contribution in [3.8, 4) is 11.8 Å². The number of fused-ring (bicyclic) bond motifs is 6. The number of nitrogens with zero attached hydrogens (tertiary/aromatic N) is 8. The third-order valence-corrected chi connectivity index (χ3v) is 6.71. The van der Waals surface area contributed by atoms with Gasteiger partial charge >= 0.3 is 0 Å². The standard InChI is InChI=1S/2C13H18N4O.C2H6/c1-16(2)5-6-17-11-8-14-9-15-12(11)10-4-3-7-18-13(10)17;1-16(2)5-6-17-12-11(8-14-9-15-12)10-4-3-7-18-13(10)17;1-2/h2*8-9H,3-7H2,1-2H3;1-2H3. The van der Waals surface area contributed by atoms with Crippen molar-refractivity contribution in [2.24, 2.45) is 0 Å². The Labute approximate surface area is 225 Å². The van der Waals surface area contributed by atoms with E-state index in [1.807, 2.05) is 26.2 Å². The zero-order chi connectivity index (χ0) is 27.1. The van der Waals surface area contributed by atoms with E-state index in [2.05, 4.69) is 67.1 Å². The maximum atomic E-state index is 5.85. The predicted octanol–water partition coefficient (Wildman–Crippen LogP) is 3.66. The Balaban J connectivity index is 0.000000166. The molecule has 0 aromatic carbocycles. The van der Waals surface area contributed by atoms with E-state index in [0.29, 0.717) is 0 Å². The monoisotopic (exact) mass is 522 g/mol. The summed E-state index contributed by atoms with van der Waals surface area (Å²) in [4.78, 5) is 21.5. The van der Waals surface area contributed by atoms with E-state index in [-0.39, 0.29) is 0 Å². The average molecular weight is 523 g/mol. The van der Waals surface area contributed by atoms with Crippen molar-refractivity contribution in [2.45, 2.75) is 52.6 Å². The van der Waals surface area contributed by atoms with Gasteiger partial charge in [-0.1, -0.05) is 13.8 Å². The van der Waals surface area contributed by atoms with Crippen LogP contribution in [0.2, 0.25) is 0 Å². The van der Waals surface area contributed by atoms with Crippen LogP contribution in [0.4, 0.5) is 0 Å². The Morgan fingerprint density at radius 3 is 2.03 bits per heavy atom. The Kier molecular flexibility index (Phi) is 9.52. The average Bonchev–Trinajstić information content (AvgIpc) is 3.45. The van der Waals surface area contributed by atoms with Gasteiger partial charge < -0.3 is 23.8 Å². The number of rotatable bonds is 6. The lowest BCUT2D eigenvalue weighted by Crippen LogP contribution is -2.20. The second-order valence-corrected chi connectivity index (χ2v) is 9.90. The largest absolute Gasteiger partial charge is 0.479 e. The quantitative estimate of drug-likeness (QED) is 0.379. The molecule has 6 heterocycles. The minimum Gasteiger partial charge on any atom is -0.479 e. The van der Waals surface area contributed by atoms with Crippen LogP contribution in [0.5, 0.6) is 11.8 Å². The van der Waals surface area contributed by atoms with Crippen LogP contribution in [0, 0.1) is 0 Å². The Morgan fingerprint density at radius 2 is 1.34 bits per heavy atom. The van der Waals surface area contributed by atoms with Gasteiger partial charge in [0.2, 0.25) is 0 Å². The highest BCUT2D eigenvalue weighted by Crippen LogP contribution is 2.35. The number of likely N-dealkylation sites (N-methyl/N-ethyl adjacent to an activating group) is 2. The topological polar surface area (TPSA) is 86.4 Å². The van der Waals surface area contributed by atoms with Crippen molar-refractivity contribution in [1.29, 1.82) is 0 Å². The van der Waals surface area contributed by atoms with E-state index in [1.165, 1.54) is 11.1 Å². The molecule has 4 aromatic heterocycles. The summed E-state index contributed by atoms with van der Waals surface area (Å²) in [5, 5.41) is 1.14. The molecule has 0 spiro atoms. The van der Waals surface area contributed by atoms with E-state index in [4.69, 9.17) is 9.47 Å². The van der Waals surface area contributed by atoms with Crippen LogP contribution in [-0.4, -0.2) is 93.4 Å². The molecular formula is C28H42N8O2. The van der Waals surface area contributed by atoms with Gasteiger partial charge in [-0.25, -0.2) is 19.9 Å². The first-order valence-electron chi connectivity index (χ1n) is 13.7. The predicted molar refractivity (Wildman–Crippen MR) is 151 cm³/mol. The molecule has 4 aromatic rings. The summed E-state index contributed by atoms with van der Waals surface area (Å²) in [7, 11) is 8.31. The summed E-state index contributed by atoms with van der Waals surface area (Å²) in [6.45, 7) is 9.37. The summed E-state index contributed by atoms with van der Waals surface area (Å²) < 4.78 is 16.1. The lowest BCUT2D eigenvalue weighted by Gasteiger charge is -2.18. The molecule has 0 atom stereocenters. The lowest BCUT2D eigenvalue weighted by molar-refractivity contribution is 0.259. The minimum atomic E-state index is 0.804. The fraction of sp³-hybridized carbons (Fsp3) is 0.571. The molecule has 0 bridgehead atoms. The third kappa shape index (κ3) is 5.91. The van der Waals surface area contributed by atoms with Crippen molar-refractivity contribution in [3.63, 3.8) is 0 Å². The van der Waals surface area contributed by atoms with E-state index < -0.39 is 0 Å². The van der Waals surface area contributed by atoms with Gasteiger partial charge in [0.1, 0.15) is 18.3 Å². The zero-order valence-corrected chi connectivity index (χ0v) is 23.8. The zero-order valence-electron chi connectivity index (χ0n) is 23.8. The van der Waals surface area contributed by atoms with Gasteiger partial charge in [0, 0.05) is 48.9 Å². The number of aromatic nitrogens is 6. The highest BCUT2D eigenvalue weighted by atomic mass is 16.5. The highest BCUT2D eigenvalue weighted by molar-refractivity contribution is 5.83. The van der Waals surface area contributed by atoms with Gasteiger partial charge in [-0.3, -0.25) is 4.57 Å². The molecule has 2 aliphatic heterocycles. The molecule has 10 nitrogen and oxygen atoms in total. The van der Waals surface area contributed by atoms with Crippen molar-refractivity contribution >= 4 is 22.1 Å². The normalized spacial score (nSPS) is 14.2. The second-order valence-electron chi connectivity index (χ2n) is 9.90.